The topological polar surface area (TPSA) is 52.5 Å². The molecule has 0 amide bonds. The van der Waals surface area contributed by atoms with Crippen molar-refractivity contribution in [2.45, 2.75) is 32.3 Å². The van der Waals surface area contributed by atoms with E-state index in [0.717, 1.165) is 25.9 Å². The van der Waals surface area contributed by atoms with Gasteiger partial charge in [0, 0.05) is 32.1 Å². The minimum atomic E-state index is -0.744. The Balaban J connectivity index is 1.86. The number of hydrogen-bond donors (Lipinski definition) is 1. The van der Waals surface area contributed by atoms with Gasteiger partial charge in [0.1, 0.15) is 0 Å². The number of anilines is 2. The van der Waals surface area contributed by atoms with Crippen LogP contribution in [0.4, 0.5) is 16.2 Å². The molecule has 0 aromatic carbocycles. The van der Waals surface area contributed by atoms with Crippen molar-refractivity contribution >= 4 is 11.8 Å². The van der Waals surface area contributed by atoms with E-state index in [1.807, 2.05) is 23.6 Å². The second-order valence-corrected chi connectivity index (χ2v) is 6.17. The number of rotatable bonds is 2. The molecule has 1 aromatic rings. The third-order valence-electron chi connectivity index (χ3n) is 4.47. The Hall–Kier alpha value is -1.43. The summed E-state index contributed by atoms with van der Waals surface area (Å²) < 4.78 is 13.9. The molecule has 0 radical (unpaired) electrons. The maximum absolute atomic E-state index is 13.9. The van der Waals surface area contributed by atoms with Gasteiger partial charge in [-0.1, -0.05) is 6.92 Å². The molecule has 2 atom stereocenters. The first kappa shape index (κ1) is 13.5. The van der Waals surface area contributed by atoms with Crippen molar-refractivity contribution in [3.8, 4) is 0 Å². The van der Waals surface area contributed by atoms with Crippen LogP contribution in [0.3, 0.4) is 0 Å². The highest BCUT2D eigenvalue weighted by Gasteiger charge is 2.39. The summed E-state index contributed by atoms with van der Waals surface area (Å²) in [6, 6.07) is 0. The zero-order chi connectivity index (χ0) is 14.3. The molecule has 1 aromatic heterocycles. The molecular weight excluding hydrogens is 259 g/mol. The van der Waals surface area contributed by atoms with Crippen LogP contribution in [-0.2, 0) is 0 Å². The molecule has 0 saturated carbocycles. The van der Waals surface area contributed by atoms with Gasteiger partial charge < -0.3 is 14.9 Å². The summed E-state index contributed by atoms with van der Waals surface area (Å²) in [4.78, 5) is 12.4. The van der Waals surface area contributed by atoms with E-state index in [0.29, 0.717) is 24.9 Å². The average molecular weight is 280 g/mol. The Labute approximate surface area is 118 Å². The highest BCUT2D eigenvalue weighted by Crippen LogP contribution is 2.30. The first-order chi connectivity index (χ1) is 9.47. The van der Waals surface area contributed by atoms with Gasteiger partial charge in [-0.2, -0.15) is 4.98 Å². The lowest BCUT2D eigenvalue weighted by Gasteiger charge is -2.22. The lowest BCUT2D eigenvalue weighted by atomic mass is 9.95. The molecule has 0 bridgehead atoms. The minimum Gasteiger partial charge on any atom is -0.388 e. The quantitative estimate of drug-likeness (QED) is 0.888. The van der Waals surface area contributed by atoms with Crippen LogP contribution < -0.4 is 9.80 Å². The normalized spacial score (nSPS) is 30.3. The molecule has 5 nitrogen and oxygen atoms in total. The Morgan fingerprint density at radius 2 is 2.05 bits per heavy atom. The van der Waals surface area contributed by atoms with E-state index >= 15 is 0 Å². The zero-order valence-corrected chi connectivity index (χ0v) is 12.0. The van der Waals surface area contributed by atoms with Crippen molar-refractivity contribution in [1.82, 2.24) is 9.97 Å². The molecule has 3 heterocycles. The van der Waals surface area contributed by atoms with Crippen molar-refractivity contribution in [3.05, 3.63) is 12.0 Å². The number of aromatic nitrogens is 2. The van der Waals surface area contributed by atoms with Crippen LogP contribution in [0.15, 0.2) is 6.20 Å². The number of hydrogen-bond acceptors (Lipinski definition) is 5. The zero-order valence-electron chi connectivity index (χ0n) is 12.0. The first-order valence-electron chi connectivity index (χ1n) is 7.22. The largest absolute Gasteiger partial charge is 0.388 e. The fourth-order valence-electron chi connectivity index (χ4n) is 2.94. The SMILES string of the molecule is C[C@H]1CN(c2ncc(F)c(N3CCCC3)n2)C[C@@]1(C)O. The molecule has 0 spiro atoms. The van der Waals surface area contributed by atoms with Crippen molar-refractivity contribution in [2.24, 2.45) is 5.92 Å². The maximum Gasteiger partial charge on any atom is 0.227 e. The van der Waals surface area contributed by atoms with Gasteiger partial charge in [-0.25, -0.2) is 9.37 Å². The van der Waals surface area contributed by atoms with E-state index in [4.69, 9.17) is 0 Å². The highest BCUT2D eigenvalue weighted by molar-refractivity contribution is 5.46. The second-order valence-electron chi connectivity index (χ2n) is 6.17. The predicted octanol–water partition coefficient (Wildman–Crippen LogP) is 1.42. The molecule has 110 valence electrons. The summed E-state index contributed by atoms with van der Waals surface area (Å²) in [5, 5.41) is 10.2. The Morgan fingerprint density at radius 3 is 2.65 bits per heavy atom. The summed E-state index contributed by atoms with van der Waals surface area (Å²) >= 11 is 0. The molecule has 20 heavy (non-hydrogen) atoms. The number of nitrogens with zero attached hydrogens (tertiary/aromatic N) is 4. The first-order valence-corrected chi connectivity index (χ1v) is 7.22. The van der Waals surface area contributed by atoms with Crippen LogP contribution in [0.2, 0.25) is 0 Å². The monoisotopic (exact) mass is 280 g/mol. The van der Waals surface area contributed by atoms with Crippen LogP contribution in [0.5, 0.6) is 0 Å². The van der Waals surface area contributed by atoms with Crippen molar-refractivity contribution in [2.75, 3.05) is 36.0 Å². The van der Waals surface area contributed by atoms with Gasteiger partial charge in [0.2, 0.25) is 5.95 Å². The van der Waals surface area contributed by atoms with E-state index in [1.165, 1.54) is 6.20 Å². The van der Waals surface area contributed by atoms with E-state index in [9.17, 15) is 9.50 Å². The molecule has 0 aliphatic carbocycles. The third-order valence-corrected chi connectivity index (χ3v) is 4.47. The molecule has 2 fully saturated rings. The van der Waals surface area contributed by atoms with Crippen molar-refractivity contribution in [3.63, 3.8) is 0 Å². The smallest absolute Gasteiger partial charge is 0.227 e. The molecular formula is C14H21FN4O. The van der Waals surface area contributed by atoms with Crippen molar-refractivity contribution in [1.29, 1.82) is 0 Å². The van der Waals surface area contributed by atoms with Gasteiger partial charge >= 0.3 is 0 Å². The van der Waals surface area contributed by atoms with Gasteiger partial charge in [0.15, 0.2) is 11.6 Å². The number of halogens is 1. The van der Waals surface area contributed by atoms with E-state index in [2.05, 4.69) is 9.97 Å². The van der Waals surface area contributed by atoms with E-state index < -0.39 is 5.60 Å². The van der Waals surface area contributed by atoms with Crippen LogP contribution in [0, 0.1) is 11.7 Å². The average Bonchev–Trinajstić information content (AvgIpc) is 2.99. The molecule has 6 heteroatoms. The standard InChI is InChI=1S/C14H21FN4O/c1-10-8-19(9-14(10,2)20)13-16-7-11(15)12(17-13)18-5-3-4-6-18/h7,10,20H,3-6,8-9H2,1-2H3/t10-,14+/m0/s1. The summed E-state index contributed by atoms with van der Waals surface area (Å²) in [7, 11) is 0. The van der Waals surface area contributed by atoms with Crippen LogP contribution >= 0.6 is 0 Å². The van der Waals surface area contributed by atoms with Gasteiger partial charge in [-0.05, 0) is 19.8 Å². The summed E-state index contributed by atoms with van der Waals surface area (Å²) in [5.74, 6) is 0.686. The van der Waals surface area contributed by atoms with E-state index in [1.54, 1.807) is 0 Å². The molecule has 3 rings (SSSR count). The van der Waals surface area contributed by atoms with Gasteiger partial charge in [0.25, 0.3) is 0 Å². The van der Waals surface area contributed by atoms with Crippen molar-refractivity contribution < 1.29 is 9.50 Å². The molecule has 2 saturated heterocycles. The lowest BCUT2D eigenvalue weighted by molar-refractivity contribution is 0.0443. The molecule has 2 aliphatic rings. The minimum absolute atomic E-state index is 0.145. The van der Waals surface area contributed by atoms with E-state index in [-0.39, 0.29) is 11.7 Å². The van der Waals surface area contributed by atoms with Crippen LogP contribution in [0.1, 0.15) is 26.7 Å². The Kier molecular flexibility index (Phi) is 3.28. The second kappa shape index (κ2) is 4.84. The molecule has 0 unspecified atom stereocenters. The van der Waals surface area contributed by atoms with Gasteiger partial charge in [0.05, 0.1) is 11.8 Å². The Morgan fingerprint density at radius 1 is 1.35 bits per heavy atom. The number of aliphatic hydroxyl groups is 1. The lowest BCUT2D eigenvalue weighted by Crippen LogP contribution is -2.33. The summed E-state index contributed by atoms with van der Waals surface area (Å²) in [6.07, 6.45) is 3.40. The predicted molar refractivity (Wildman–Crippen MR) is 75.4 cm³/mol. The highest BCUT2D eigenvalue weighted by atomic mass is 19.1. The fraction of sp³-hybridized carbons (Fsp3) is 0.714. The molecule has 1 N–H and O–H groups in total. The van der Waals surface area contributed by atoms with Crippen LogP contribution in [-0.4, -0.2) is 46.9 Å². The summed E-state index contributed by atoms with van der Waals surface area (Å²) in [5.41, 5.74) is -0.744. The Bertz CT molecular complexity index is 502. The third kappa shape index (κ3) is 2.32. The number of β-amino-alcohol motifs (C(OH)–C–C–N with tert-alkyl or cyclic N) is 1. The maximum atomic E-state index is 13.9. The van der Waals surface area contributed by atoms with Gasteiger partial charge in [-0.3, -0.25) is 0 Å². The molecule has 2 aliphatic heterocycles. The summed E-state index contributed by atoms with van der Waals surface area (Å²) in [6.45, 7) is 6.70. The van der Waals surface area contributed by atoms with Crippen LogP contribution in [0.25, 0.3) is 0 Å². The van der Waals surface area contributed by atoms with Gasteiger partial charge in [-0.15, -0.1) is 0 Å². The fourth-order valence-corrected chi connectivity index (χ4v) is 2.94.